The molecule has 0 saturated carbocycles. The Bertz CT molecular complexity index is 692. The molecule has 2 rings (SSSR count). The van der Waals surface area contributed by atoms with Crippen LogP contribution >= 0.6 is 0 Å². The Morgan fingerprint density at radius 2 is 2.00 bits per heavy atom. The highest BCUT2D eigenvalue weighted by molar-refractivity contribution is 7.91. The van der Waals surface area contributed by atoms with E-state index in [0.29, 0.717) is 13.0 Å². The topological polar surface area (TPSA) is 63.7 Å². The van der Waals surface area contributed by atoms with Crippen molar-refractivity contribution in [3.63, 3.8) is 0 Å². The van der Waals surface area contributed by atoms with Crippen LogP contribution < -0.4 is 4.74 Å². The van der Waals surface area contributed by atoms with Gasteiger partial charge in [-0.1, -0.05) is 26.0 Å². The molecule has 1 aliphatic heterocycles. The molecular formula is C18H25NO4S. The number of carbonyl (C=O) groups excluding carboxylic acids is 1. The number of amides is 1. The van der Waals surface area contributed by atoms with Crippen LogP contribution in [0.15, 0.2) is 30.3 Å². The van der Waals surface area contributed by atoms with Crippen LogP contribution in [0.2, 0.25) is 0 Å². The van der Waals surface area contributed by atoms with E-state index in [1.165, 1.54) is 6.08 Å². The van der Waals surface area contributed by atoms with Crippen LogP contribution in [0.25, 0.3) is 6.08 Å². The largest absolute Gasteiger partial charge is 0.497 e. The Labute approximate surface area is 144 Å². The minimum absolute atomic E-state index is 0.0713. The van der Waals surface area contributed by atoms with Gasteiger partial charge in [0.15, 0.2) is 9.84 Å². The maximum absolute atomic E-state index is 12.6. The van der Waals surface area contributed by atoms with E-state index in [0.717, 1.165) is 11.3 Å². The Balaban J connectivity index is 2.10. The summed E-state index contributed by atoms with van der Waals surface area (Å²) in [5.74, 6) is 1.15. The molecule has 132 valence electrons. The maximum atomic E-state index is 12.6. The van der Waals surface area contributed by atoms with Gasteiger partial charge in [-0.05, 0) is 36.1 Å². The maximum Gasteiger partial charge on any atom is 0.246 e. The SMILES string of the molecule is COc1ccc(/C=C/C(=O)N(CC(C)C)[C@@H]2CCS(=O)(=O)C2)cc1. The Kier molecular flexibility index (Phi) is 6.04. The van der Waals surface area contributed by atoms with Crippen LogP contribution in [0.4, 0.5) is 0 Å². The van der Waals surface area contributed by atoms with Gasteiger partial charge in [0.2, 0.25) is 5.91 Å². The van der Waals surface area contributed by atoms with Gasteiger partial charge in [-0.2, -0.15) is 0 Å². The van der Waals surface area contributed by atoms with Crippen LogP contribution in [0.3, 0.4) is 0 Å². The number of methoxy groups -OCH3 is 1. The predicted molar refractivity (Wildman–Crippen MR) is 95.6 cm³/mol. The first-order valence-electron chi connectivity index (χ1n) is 8.14. The molecule has 0 aromatic heterocycles. The van der Waals surface area contributed by atoms with Gasteiger partial charge in [0, 0.05) is 18.7 Å². The third-order valence-electron chi connectivity index (χ3n) is 4.03. The lowest BCUT2D eigenvalue weighted by molar-refractivity contribution is -0.128. The molecule has 0 bridgehead atoms. The fraction of sp³-hybridized carbons (Fsp3) is 0.500. The molecular weight excluding hydrogens is 326 g/mol. The van der Waals surface area contributed by atoms with Gasteiger partial charge in [0.1, 0.15) is 5.75 Å². The van der Waals surface area contributed by atoms with Crippen molar-refractivity contribution in [2.24, 2.45) is 5.92 Å². The number of sulfone groups is 1. The lowest BCUT2D eigenvalue weighted by Crippen LogP contribution is -2.42. The summed E-state index contributed by atoms with van der Waals surface area (Å²) in [7, 11) is -1.41. The van der Waals surface area contributed by atoms with Gasteiger partial charge in [0.25, 0.3) is 0 Å². The molecule has 1 aliphatic rings. The summed E-state index contributed by atoms with van der Waals surface area (Å²) in [5, 5.41) is 0. The Hall–Kier alpha value is -1.82. The van der Waals surface area contributed by atoms with E-state index < -0.39 is 9.84 Å². The predicted octanol–water partition coefficient (Wildman–Crippen LogP) is 2.38. The van der Waals surface area contributed by atoms with E-state index in [9.17, 15) is 13.2 Å². The summed E-state index contributed by atoms with van der Waals surface area (Å²) in [6.45, 7) is 4.61. The third-order valence-corrected chi connectivity index (χ3v) is 5.78. The summed E-state index contributed by atoms with van der Waals surface area (Å²) in [6, 6.07) is 7.19. The standard InChI is InChI=1S/C18H25NO4S/c1-14(2)12-19(16-10-11-24(21,22)13-16)18(20)9-6-15-4-7-17(23-3)8-5-15/h4-9,14,16H,10-13H2,1-3H3/b9-6+/t16-/m1/s1. The van der Waals surface area contributed by atoms with Gasteiger partial charge in [-0.25, -0.2) is 8.42 Å². The first-order chi connectivity index (χ1) is 11.3. The minimum Gasteiger partial charge on any atom is -0.497 e. The number of rotatable bonds is 6. The third kappa shape index (κ3) is 5.09. The molecule has 0 unspecified atom stereocenters. The molecule has 5 nitrogen and oxygen atoms in total. The molecule has 0 radical (unpaired) electrons. The molecule has 0 N–H and O–H groups in total. The first-order valence-corrected chi connectivity index (χ1v) is 9.96. The van der Waals surface area contributed by atoms with Crippen molar-refractivity contribution in [3.05, 3.63) is 35.9 Å². The summed E-state index contributed by atoms with van der Waals surface area (Å²) in [4.78, 5) is 14.3. The van der Waals surface area contributed by atoms with Gasteiger partial charge in [-0.3, -0.25) is 4.79 Å². The number of ether oxygens (including phenoxy) is 1. The van der Waals surface area contributed by atoms with Crippen molar-refractivity contribution in [1.29, 1.82) is 0 Å². The van der Waals surface area contributed by atoms with Crippen LogP contribution in [0, 0.1) is 5.92 Å². The number of nitrogens with zero attached hydrogens (tertiary/aromatic N) is 1. The van der Waals surface area contributed by atoms with Crippen molar-refractivity contribution in [3.8, 4) is 5.75 Å². The lowest BCUT2D eigenvalue weighted by atomic mass is 10.1. The van der Waals surface area contributed by atoms with E-state index in [2.05, 4.69) is 0 Å². The number of hydrogen-bond acceptors (Lipinski definition) is 4. The van der Waals surface area contributed by atoms with Gasteiger partial charge in [-0.15, -0.1) is 0 Å². The number of carbonyl (C=O) groups is 1. The van der Waals surface area contributed by atoms with Crippen molar-refractivity contribution >= 4 is 21.8 Å². The second kappa shape index (κ2) is 7.83. The molecule has 1 aromatic carbocycles. The highest BCUT2D eigenvalue weighted by Gasteiger charge is 2.34. The van der Waals surface area contributed by atoms with Crippen LogP contribution in [0.1, 0.15) is 25.8 Å². The summed E-state index contributed by atoms with van der Waals surface area (Å²) < 4.78 is 28.6. The summed E-state index contributed by atoms with van der Waals surface area (Å²) in [5.41, 5.74) is 0.896. The zero-order valence-electron chi connectivity index (χ0n) is 14.4. The normalized spacial score (nSPS) is 19.8. The van der Waals surface area contributed by atoms with Crippen LogP contribution in [0.5, 0.6) is 5.75 Å². The number of benzene rings is 1. The number of hydrogen-bond donors (Lipinski definition) is 0. The zero-order valence-corrected chi connectivity index (χ0v) is 15.3. The molecule has 0 aliphatic carbocycles. The molecule has 0 spiro atoms. The summed E-state index contributed by atoms with van der Waals surface area (Å²) >= 11 is 0. The Morgan fingerprint density at radius 3 is 2.50 bits per heavy atom. The average molecular weight is 351 g/mol. The van der Waals surface area contributed by atoms with Crippen LogP contribution in [-0.2, 0) is 14.6 Å². The average Bonchev–Trinajstić information content (AvgIpc) is 2.90. The molecule has 1 amide bonds. The van der Waals surface area contributed by atoms with E-state index in [1.54, 1.807) is 18.1 Å². The molecule has 1 fully saturated rings. The van der Waals surface area contributed by atoms with Crippen LogP contribution in [-0.4, -0.2) is 50.4 Å². The van der Waals surface area contributed by atoms with Gasteiger partial charge >= 0.3 is 0 Å². The fourth-order valence-electron chi connectivity index (χ4n) is 2.81. The molecule has 1 saturated heterocycles. The summed E-state index contributed by atoms with van der Waals surface area (Å²) in [6.07, 6.45) is 3.80. The first kappa shape index (κ1) is 18.5. The van der Waals surface area contributed by atoms with E-state index in [4.69, 9.17) is 4.74 Å². The van der Waals surface area contributed by atoms with E-state index >= 15 is 0 Å². The zero-order chi connectivity index (χ0) is 17.7. The lowest BCUT2D eigenvalue weighted by Gasteiger charge is -2.28. The quantitative estimate of drug-likeness (QED) is 0.738. The molecule has 1 heterocycles. The van der Waals surface area contributed by atoms with Crippen molar-refractivity contribution in [1.82, 2.24) is 4.90 Å². The molecule has 24 heavy (non-hydrogen) atoms. The molecule has 6 heteroatoms. The second-order valence-corrected chi connectivity index (χ2v) is 8.78. The van der Waals surface area contributed by atoms with Crippen molar-refractivity contribution < 1.29 is 17.9 Å². The molecule has 1 atom stereocenters. The van der Waals surface area contributed by atoms with Gasteiger partial charge < -0.3 is 9.64 Å². The fourth-order valence-corrected chi connectivity index (χ4v) is 4.54. The highest BCUT2D eigenvalue weighted by Crippen LogP contribution is 2.20. The minimum atomic E-state index is -3.02. The van der Waals surface area contributed by atoms with Crippen molar-refractivity contribution in [2.75, 3.05) is 25.2 Å². The van der Waals surface area contributed by atoms with E-state index in [1.807, 2.05) is 38.1 Å². The van der Waals surface area contributed by atoms with Gasteiger partial charge in [0.05, 0.1) is 18.6 Å². The monoisotopic (exact) mass is 351 g/mol. The van der Waals surface area contributed by atoms with E-state index in [-0.39, 0.29) is 29.4 Å². The second-order valence-electron chi connectivity index (χ2n) is 6.55. The highest BCUT2D eigenvalue weighted by atomic mass is 32.2. The van der Waals surface area contributed by atoms with Crippen molar-refractivity contribution in [2.45, 2.75) is 26.3 Å². The smallest absolute Gasteiger partial charge is 0.246 e. The Morgan fingerprint density at radius 1 is 1.33 bits per heavy atom. The molecule has 1 aromatic rings.